The molecule has 2 aromatic heterocycles. The van der Waals surface area contributed by atoms with Gasteiger partial charge in [0.05, 0.1) is 11.3 Å². The van der Waals surface area contributed by atoms with Crippen molar-refractivity contribution in [3.63, 3.8) is 0 Å². The highest BCUT2D eigenvalue weighted by Crippen LogP contribution is 2.41. The van der Waals surface area contributed by atoms with Crippen molar-refractivity contribution in [3.8, 4) is 17.2 Å². The SMILES string of the molecule is Cc1cc(F)ncc1-c1cccc(C#N)c1N1CCC(F)(c2nncn2C)CC1. The molecule has 1 aliphatic heterocycles. The molecule has 6 nitrogen and oxygen atoms in total. The van der Waals surface area contributed by atoms with Crippen molar-refractivity contribution in [2.75, 3.05) is 18.0 Å². The standard InChI is InChI=1S/C21H20F2N6/c1-14-10-18(22)25-12-17(14)16-5-3-4-15(11-24)19(16)29-8-6-21(23,7-9-29)20-27-26-13-28(20)2/h3-5,10,12-13H,6-9H2,1-2H3. The Balaban J connectivity index is 1.71. The number of para-hydroxylation sites is 1. The maximum atomic E-state index is 15.5. The summed E-state index contributed by atoms with van der Waals surface area (Å²) >= 11 is 0. The molecule has 29 heavy (non-hydrogen) atoms. The van der Waals surface area contributed by atoms with Gasteiger partial charge in [-0.15, -0.1) is 10.2 Å². The van der Waals surface area contributed by atoms with Gasteiger partial charge in [-0.1, -0.05) is 12.1 Å². The molecule has 0 amide bonds. The molecule has 0 unspecified atom stereocenters. The lowest BCUT2D eigenvalue weighted by atomic mass is 9.90. The van der Waals surface area contributed by atoms with E-state index >= 15 is 4.39 Å². The van der Waals surface area contributed by atoms with Crippen LogP contribution in [-0.2, 0) is 12.7 Å². The van der Waals surface area contributed by atoms with Gasteiger partial charge in [0, 0.05) is 50.3 Å². The number of anilines is 1. The van der Waals surface area contributed by atoms with Crippen molar-refractivity contribution in [1.82, 2.24) is 19.7 Å². The van der Waals surface area contributed by atoms with Gasteiger partial charge >= 0.3 is 0 Å². The molecule has 1 aliphatic rings. The van der Waals surface area contributed by atoms with Gasteiger partial charge in [0.2, 0.25) is 5.95 Å². The fourth-order valence-corrected chi connectivity index (χ4v) is 3.99. The number of hydrogen-bond donors (Lipinski definition) is 0. The maximum Gasteiger partial charge on any atom is 0.213 e. The number of nitrogens with zero attached hydrogens (tertiary/aromatic N) is 6. The molecule has 0 radical (unpaired) electrons. The third kappa shape index (κ3) is 3.33. The van der Waals surface area contributed by atoms with Crippen molar-refractivity contribution in [1.29, 1.82) is 5.26 Å². The van der Waals surface area contributed by atoms with Crippen LogP contribution in [-0.4, -0.2) is 32.8 Å². The molecule has 1 aromatic carbocycles. The van der Waals surface area contributed by atoms with E-state index in [0.29, 0.717) is 24.5 Å². The minimum atomic E-state index is -1.56. The molecule has 3 aromatic rings. The van der Waals surface area contributed by atoms with Crippen molar-refractivity contribution < 1.29 is 8.78 Å². The van der Waals surface area contributed by atoms with Crippen LogP contribution in [0.5, 0.6) is 0 Å². The summed E-state index contributed by atoms with van der Waals surface area (Å²) in [5, 5.41) is 17.4. The Bertz CT molecular complexity index is 1090. The summed E-state index contributed by atoms with van der Waals surface area (Å²) in [7, 11) is 1.73. The first-order valence-corrected chi connectivity index (χ1v) is 9.37. The summed E-state index contributed by atoms with van der Waals surface area (Å²) < 4.78 is 30.6. The summed E-state index contributed by atoms with van der Waals surface area (Å²) in [4.78, 5) is 5.80. The van der Waals surface area contributed by atoms with Crippen LogP contribution >= 0.6 is 0 Å². The van der Waals surface area contributed by atoms with Crippen molar-refractivity contribution in [2.45, 2.75) is 25.4 Å². The summed E-state index contributed by atoms with van der Waals surface area (Å²) in [5.41, 5.74) is 1.94. The Kier molecular flexibility index (Phi) is 4.74. The maximum absolute atomic E-state index is 15.5. The van der Waals surface area contributed by atoms with Gasteiger partial charge in [-0.3, -0.25) is 0 Å². The van der Waals surface area contributed by atoms with E-state index in [2.05, 4.69) is 21.3 Å². The van der Waals surface area contributed by atoms with E-state index in [1.54, 1.807) is 30.7 Å². The van der Waals surface area contributed by atoms with Crippen molar-refractivity contribution in [2.24, 2.45) is 7.05 Å². The second kappa shape index (κ2) is 7.24. The molecule has 0 N–H and O–H groups in total. The average Bonchev–Trinajstić information content (AvgIpc) is 3.15. The molecule has 4 rings (SSSR count). The highest BCUT2D eigenvalue weighted by molar-refractivity contribution is 5.84. The predicted octanol–water partition coefficient (Wildman–Crippen LogP) is 3.66. The number of aromatic nitrogens is 4. The van der Waals surface area contributed by atoms with Crippen LogP contribution in [0, 0.1) is 24.2 Å². The van der Waals surface area contributed by atoms with E-state index in [0.717, 1.165) is 22.4 Å². The molecule has 0 bridgehead atoms. The first-order chi connectivity index (χ1) is 13.9. The molecule has 0 saturated carbocycles. The van der Waals surface area contributed by atoms with E-state index < -0.39 is 11.6 Å². The summed E-state index contributed by atoms with van der Waals surface area (Å²) in [5.74, 6) is -0.224. The monoisotopic (exact) mass is 394 g/mol. The number of alkyl halides is 1. The van der Waals surface area contributed by atoms with Crippen LogP contribution in [0.2, 0.25) is 0 Å². The number of rotatable bonds is 3. The number of aryl methyl sites for hydroxylation is 2. The minimum absolute atomic E-state index is 0.236. The van der Waals surface area contributed by atoms with E-state index in [4.69, 9.17) is 0 Å². The Morgan fingerprint density at radius 2 is 1.97 bits per heavy atom. The molecule has 1 saturated heterocycles. The molecule has 0 aliphatic carbocycles. The van der Waals surface area contributed by atoms with E-state index in [-0.39, 0.29) is 12.8 Å². The Hall–Kier alpha value is -3.34. The molecule has 0 spiro atoms. The highest BCUT2D eigenvalue weighted by Gasteiger charge is 2.40. The van der Waals surface area contributed by atoms with Gasteiger partial charge in [0.15, 0.2) is 11.5 Å². The zero-order valence-corrected chi connectivity index (χ0v) is 16.2. The average molecular weight is 394 g/mol. The van der Waals surface area contributed by atoms with Crippen LogP contribution in [0.3, 0.4) is 0 Å². The van der Waals surface area contributed by atoms with Crippen LogP contribution in [0.25, 0.3) is 11.1 Å². The highest BCUT2D eigenvalue weighted by atomic mass is 19.1. The first kappa shape index (κ1) is 19.0. The lowest BCUT2D eigenvalue weighted by Gasteiger charge is -2.38. The normalized spacial score (nSPS) is 15.9. The molecule has 8 heteroatoms. The van der Waals surface area contributed by atoms with Gasteiger partial charge in [-0.25, -0.2) is 9.37 Å². The predicted molar refractivity (Wildman–Crippen MR) is 104 cm³/mol. The van der Waals surface area contributed by atoms with Gasteiger partial charge in [0.25, 0.3) is 0 Å². The van der Waals surface area contributed by atoms with E-state index in [1.807, 2.05) is 11.0 Å². The zero-order valence-electron chi connectivity index (χ0n) is 16.2. The van der Waals surface area contributed by atoms with E-state index in [1.165, 1.54) is 18.6 Å². The molecule has 148 valence electrons. The second-order valence-electron chi connectivity index (χ2n) is 7.35. The molecular formula is C21H20F2N6. The number of hydrogen-bond acceptors (Lipinski definition) is 5. The fourth-order valence-electron chi connectivity index (χ4n) is 3.99. The second-order valence-corrected chi connectivity index (χ2v) is 7.35. The number of benzene rings is 1. The van der Waals surface area contributed by atoms with Crippen LogP contribution in [0.1, 0.15) is 29.8 Å². The Morgan fingerprint density at radius 3 is 2.59 bits per heavy atom. The molecule has 3 heterocycles. The van der Waals surface area contributed by atoms with Gasteiger partial charge in [-0.05, 0) is 24.6 Å². The van der Waals surface area contributed by atoms with Crippen molar-refractivity contribution >= 4 is 5.69 Å². The summed E-state index contributed by atoms with van der Waals surface area (Å²) in [6, 6.07) is 9.03. The first-order valence-electron chi connectivity index (χ1n) is 9.37. The fraction of sp³-hybridized carbons (Fsp3) is 0.333. The van der Waals surface area contributed by atoms with Gasteiger partial charge in [0.1, 0.15) is 12.4 Å². The Labute approximate surface area is 167 Å². The third-order valence-corrected chi connectivity index (χ3v) is 5.51. The van der Waals surface area contributed by atoms with Gasteiger partial charge in [-0.2, -0.15) is 9.65 Å². The minimum Gasteiger partial charge on any atom is -0.370 e. The molecule has 0 atom stereocenters. The van der Waals surface area contributed by atoms with E-state index in [9.17, 15) is 9.65 Å². The molecular weight excluding hydrogens is 374 g/mol. The number of pyridine rings is 1. The van der Waals surface area contributed by atoms with Crippen molar-refractivity contribution in [3.05, 3.63) is 59.7 Å². The quantitative estimate of drug-likeness (QED) is 0.634. The number of piperidine rings is 1. The smallest absolute Gasteiger partial charge is 0.213 e. The topological polar surface area (TPSA) is 70.6 Å². The number of nitriles is 1. The van der Waals surface area contributed by atoms with Crippen LogP contribution < -0.4 is 4.90 Å². The van der Waals surface area contributed by atoms with Crippen LogP contribution in [0.15, 0.2) is 36.8 Å². The largest absolute Gasteiger partial charge is 0.370 e. The third-order valence-electron chi connectivity index (χ3n) is 5.51. The van der Waals surface area contributed by atoms with Gasteiger partial charge < -0.3 is 9.47 Å². The lowest BCUT2D eigenvalue weighted by Crippen LogP contribution is -2.42. The number of halogens is 2. The molecule has 1 fully saturated rings. The van der Waals surface area contributed by atoms with Crippen LogP contribution in [0.4, 0.5) is 14.5 Å². The summed E-state index contributed by atoms with van der Waals surface area (Å²) in [6.07, 6.45) is 3.45. The zero-order chi connectivity index (χ0) is 20.6. The lowest BCUT2D eigenvalue weighted by molar-refractivity contribution is 0.109. The summed E-state index contributed by atoms with van der Waals surface area (Å²) in [6.45, 7) is 2.64. The Morgan fingerprint density at radius 1 is 1.21 bits per heavy atom.